The van der Waals surface area contributed by atoms with Crippen LogP contribution in [0.3, 0.4) is 0 Å². The maximum atomic E-state index is 12.5. The summed E-state index contributed by atoms with van der Waals surface area (Å²) in [6, 6.07) is 9.34. The molecule has 2 heterocycles. The van der Waals surface area contributed by atoms with Gasteiger partial charge in [0.15, 0.2) is 0 Å². The zero-order valence-electron chi connectivity index (χ0n) is 16.9. The van der Waals surface area contributed by atoms with E-state index in [9.17, 15) is 4.79 Å². The van der Waals surface area contributed by atoms with Crippen molar-refractivity contribution in [3.8, 4) is 0 Å². The van der Waals surface area contributed by atoms with Crippen LogP contribution in [0.2, 0.25) is 0 Å². The highest BCUT2D eigenvalue weighted by atomic mass is 16.4. The second-order valence-electron chi connectivity index (χ2n) is 8.27. The van der Waals surface area contributed by atoms with Crippen molar-refractivity contribution in [1.82, 2.24) is 15.1 Å². The maximum absolute atomic E-state index is 12.5. The van der Waals surface area contributed by atoms with Gasteiger partial charge in [0.2, 0.25) is 11.8 Å². The first-order valence-corrected chi connectivity index (χ1v) is 9.75. The van der Waals surface area contributed by atoms with Gasteiger partial charge < -0.3 is 14.2 Å². The first kappa shape index (κ1) is 19.4. The quantitative estimate of drug-likeness (QED) is 0.808. The Bertz CT molecular complexity index is 753. The molecule has 3 rings (SSSR count). The highest BCUT2D eigenvalue weighted by molar-refractivity contribution is 5.76. The highest BCUT2D eigenvalue weighted by Gasteiger charge is 2.23. The molecule has 1 saturated heterocycles. The lowest BCUT2D eigenvalue weighted by molar-refractivity contribution is -0.131. The molecule has 0 atom stereocenters. The molecule has 0 saturated carbocycles. The molecule has 2 aromatic rings. The molecule has 6 heteroatoms. The summed E-state index contributed by atoms with van der Waals surface area (Å²) in [5.41, 5.74) is 2.82. The number of carbonyl (C=O) groups excluding carboxylic acids is 1. The number of anilines is 1. The van der Waals surface area contributed by atoms with Crippen LogP contribution in [0.25, 0.3) is 0 Å². The van der Waals surface area contributed by atoms with Crippen LogP contribution >= 0.6 is 0 Å². The average Bonchev–Trinajstić information content (AvgIpc) is 3.08. The number of amides is 1. The molecule has 0 radical (unpaired) electrons. The first-order chi connectivity index (χ1) is 12.8. The van der Waals surface area contributed by atoms with Crippen molar-refractivity contribution in [3.63, 3.8) is 0 Å². The van der Waals surface area contributed by atoms with Gasteiger partial charge >= 0.3 is 6.01 Å². The van der Waals surface area contributed by atoms with E-state index in [0.717, 1.165) is 25.9 Å². The number of rotatable bonds is 5. The molecule has 1 aromatic heterocycles. The summed E-state index contributed by atoms with van der Waals surface area (Å²) in [5, 5.41) is 7.91. The van der Waals surface area contributed by atoms with Gasteiger partial charge in [-0.25, -0.2) is 0 Å². The monoisotopic (exact) mass is 370 g/mol. The van der Waals surface area contributed by atoms with Crippen molar-refractivity contribution in [1.29, 1.82) is 0 Å². The minimum absolute atomic E-state index is 0.177. The molecule has 0 N–H and O–H groups in total. The van der Waals surface area contributed by atoms with Crippen LogP contribution in [0.4, 0.5) is 6.01 Å². The number of piperazine rings is 1. The van der Waals surface area contributed by atoms with Crippen LogP contribution in [0.15, 0.2) is 28.7 Å². The summed E-state index contributed by atoms with van der Waals surface area (Å²) in [4.78, 5) is 16.5. The summed E-state index contributed by atoms with van der Waals surface area (Å²) in [5.74, 6) is 0.807. The van der Waals surface area contributed by atoms with E-state index in [-0.39, 0.29) is 11.3 Å². The zero-order chi connectivity index (χ0) is 19.4. The Morgan fingerprint density at radius 1 is 1.07 bits per heavy atom. The molecule has 0 aliphatic carbocycles. The van der Waals surface area contributed by atoms with Gasteiger partial charge in [-0.05, 0) is 29.4 Å². The molecular formula is C21H30N4O2. The van der Waals surface area contributed by atoms with Crippen molar-refractivity contribution in [2.24, 2.45) is 0 Å². The van der Waals surface area contributed by atoms with Gasteiger partial charge in [-0.1, -0.05) is 50.1 Å². The van der Waals surface area contributed by atoms with E-state index in [1.54, 1.807) is 6.92 Å². The zero-order valence-corrected chi connectivity index (χ0v) is 16.9. The van der Waals surface area contributed by atoms with Crippen LogP contribution in [0.5, 0.6) is 0 Å². The number of aryl methyl sites for hydroxylation is 2. The van der Waals surface area contributed by atoms with E-state index in [0.29, 0.717) is 31.4 Å². The number of hydrogen-bond donors (Lipinski definition) is 0. The molecule has 1 amide bonds. The molecule has 6 nitrogen and oxygen atoms in total. The lowest BCUT2D eigenvalue weighted by Gasteiger charge is -2.33. The van der Waals surface area contributed by atoms with Gasteiger partial charge in [-0.15, -0.1) is 5.10 Å². The summed E-state index contributed by atoms with van der Waals surface area (Å²) in [7, 11) is 0. The molecule has 27 heavy (non-hydrogen) atoms. The van der Waals surface area contributed by atoms with E-state index in [1.165, 1.54) is 11.1 Å². The van der Waals surface area contributed by atoms with Crippen molar-refractivity contribution in [3.05, 3.63) is 41.3 Å². The predicted octanol–water partition coefficient (Wildman–Crippen LogP) is 3.35. The predicted molar refractivity (Wildman–Crippen MR) is 106 cm³/mol. The number of aromatic nitrogens is 2. The molecule has 146 valence electrons. The summed E-state index contributed by atoms with van der Waals surface area (Å²) < 4.78 is 5.46. The second kappa shape index (κ2) is 8.11. The van der Waals surface area contributed by atoms with Gasteiger partial charge in [0.1, 0.15) is 0 Å². The van der Waals surface area contributed by atoms with Crippen molar-refractivity contribution in [2.75, 3.05) is 31.1 Å². The summed E-state index contributed by atoms with van der Waals surface area (Å²) >= 11 is 0. The van der Waals surface area contributed by atoms with Gasteiger partial charge in [0, 0.05) is 39.5 Å². The van der Waals surface area contributed by atoms with E-state index >= 15 is 0 Å². The SMILES string of the molecule is Cc1nnc(N2CCN(C(=O)CCCc3ccc(C(C)(C)C)cc3)CC2)o1. The van der Waals surface area contributed by atoms with Crippen LogP contribution in [-0.4, -0.2) is 47.2 Å². The Balaban J connectivity index is 1.41. The van der Waals surface area contributed by atoms with E-state index in [2.05, 4.69) is 55.2 Å². The maximum Gasteiger partial charge on any atom is 0.318 e. The second-order valence-corrected chi connectivity index (χ2v) is 8.27. The van der Waals surface area contributed by atoms with Crippen LogP contribution in [0.1, 0.15) is 50.6 Å². The summed E-state index contributed by atoms with van der Waals surface area (Å²) in [6.45, 7) is 11.3. The molecule has 0 bridgehead atoms. The van der Waals surface area contributed by atoms with Gasteiger partial charge in [0.25, 0.3) is 0 Å². The Labute approximate surface area is 161 Å². The van der Waals surface area contributed by atoms with Gasteiger partial charge in [-0.2, -0.15) is 0 Å². The molecule has 0 unspecified atom stereocenters. The molecule has 1 fully saturated rings. The largest absolute Gasteiger partial charge is 0.408 e. The van der Waals surface area contributed by atoms with Gasteiger partial charge in [-0.3, -0.25) is 4.79 Å². The highest BCUT2D eigenvalue weighted by Crippen LogP contribution is 2.22. The lowest BCUT2D eigenvalue weighted by atomic mass is 9.86. The number of hydrogen-bond acceptors (Lipinski definition) is 5. The fraction of sp³-hybridized carbons (Fsp3) is 0.571. The Morgan fingerprint density at radius 3 is 2.30 bits per heavy atom. The Hall–Kier alpha value is -2.37. The lowest BCUT2D eigenvalue weighted by Crippen LogP contribution is -2.48. The van der Waals surface area contributed by atoms with Gasteiger partial charge in [0.05, 0.1) is 0 Å². The molecule has 1 aliphatic rings. The number of nitrogens with zero attached hydrogens (tertiary/aromatic N) is 4. The van der Waals surface area contributed by atoms with Crippen LogP contribution < -0.4 is 4.90 Å². The van der Waals surface area contributed by atoms with Crippen molar-refractivity contribution >= 4 is 11.9 Å². The molecule has 0 spiro atoms. The topological polar surface area (TPSA) is 62.5 Å². The van der Waals surface area contributed by atoms with Crippen molar-refractivity contribution in [2.45, 2.75) is 52.4 Å². The molecular weight excluding hydrogens is 340 g/mol. The van der Waals surface area contributed by atoms with Crippen LogP contribution in [-0.2, 0) is 16.6 Å². The minimum Gasteiger partial charge on any atom is -0.408 e. The third kappa shape index (κ3) is 5.08. The fourth-order valence-corrected chi connectivity index (χ4v) is 3.33. The number of benzene rings is 1. The fourth-order valence-electron chi connectivity index (χ4n) is 3.33. The Morgan fingerprint density at radius 2 is 1.74 bits per heavy atom. The summed E-state index contributed by atoms with van der Waals surface area (Å²) in [6.07, 6.45) is 2.43. The first-order valence-electron chi connectivity index (χ1n) is 9.75. The normalized spacial score (nSPS) is 15.3. The third-order valence-electron chi connectivity index (χ3n) is 5.09. The smallest absolute Gasteiger partial charge is 0.318 e. The standard InChI is InChI=1S/C21H30N4O2/c1-16-22-23-20(27-16)25-14-12-24(13-15-25)19(26)7-5-6-17-8-10-18(11-9-17)21(2,3)4/h8-11H,5-7,12-15H2,1-4H3. The number of carbonyl (C=O) groups is 1. The van der Waals surface area contributed by atoms with E-state index in [1.807, 2.05) is 9.80 Å². The van der Waals surface area contributed by atoms with Crippen molar-refractivity contribution < 1.29 is 9.21 Å². The molecule has 1 aliphatic heterocycles. The average molecular weight is 370 g/mol. The Kier molecular flexibility index (Phi) is 5.82. The third-order valence-corrected chi connectivity index (χ3v) is 5.09. The molecule has 1 aromatic carbocycles. The van der Waals surface area contributed by atoms with Crippen LogP contribution in [0, 0.1) is 6.92 Å². The minimum atomic E-state index is 0.177. The van der Waals surface area contributed by atoms with E-state index in [4.69, 9.17) is 4.42 Å². The van der Waals surface area contributed by atoms with E-state index < -0.39 is 0 Å².